The van der Waals surface area contributed by atoms with Crippen molar-refractivity contribution in [1.82, 2.24) is 47.9 Å². The Morgan fingerprint density at radius 1 is 0.600 bits per heavy atom. The molecule has 11 bridgehead atoms. The number of nitrogens with one attached hydrogen (secondary N) is 9. The number of phenolic OH excluding ortho intramolecular Hbond substituents is 3. The fourth-order valence-corrected chi connectivity index (χ4v) is 18.0. The standard InChI is InChI=1S/C93H129ClN10O26/c1-10-12-14-16-18-20-22-24-34-97-92(7)44-68(123-48(5)82(92)113)128-79-50-26-30-55(31-27-50)125-64-39-53-40-65(80(64)130-91-81(78(112)77(111)66(46-105)127-91)129-69-45-93(8,83(114)49(6)124-69)98-35-25-23-21-19-17-15-13-11-2)126-63-33-29-52(38-58(63)94)76(110)74(103-84(115)59(96-9)36-47(3)4)88(119)99-60(43-67(95)109)85(116)100-72(53)87(118)101-71-51-28-32-61(107)56(37-51)70-57(41-54(106)42-62(70)108)73(90(121)122)102-89(120)75(79)104-86(71)117/h26-33,37-42,47-49,59-60,66,68-69,71-79,81-83,91,96-98,105-108,110-114H,10-25,34-36,43-46H2,1-9H3,(H2,95,109)(H,99,119)(H,100,116)(H,101,118)(H,102,120)(H,103,115)(H,104,117)(H,121,122)/t48-,49-,59+,60-,66+,68-,69-,71+,72+,73-,74+,75-,76+,77+,78-,79+,81+,82-,83-,91-,92-,93-/m0/s1. The van der Waals surface area contributed by atoms with Gasteiger partial charge in [-0.05, 0) is 150 Å². The Morgan fingerprint density at radius 3 is 1.72 bits per heavy atom. The molecule has 37 heteroatoms. The number of hydrogen-bond donors (Lipinski definition) is 20. The third-order valence-corrected chi connectivity index (χ3v) is 25.4. The van der Waals surface area contributed by atoms with Crippen molar-refractivity contribution in [3.8, 4) is 57.1 Å². The molecule has 8 heterocycles. The summed E-state index contributed by atoms with van der Waals surface area (Å²) in [5, 5.41) is 143. The van der Waals surface area contributed by atoms with E-state index >= 15 is 24.0 Å². The predicted octanol–water partition coefficient (Wildman–Crippen LogP) is 7.23. The highest BCUT2D eigenvalue weighted by molar-refractivity contribution is 6.32. The number of carboxylic acid groups (broad SMARTS) is 1. The minimum Gasteiger partial charge on any atom is -0.508 e. The largest absolute Gasteiger partial charge is 0.508 e. The first-order valence-corrected chi connectivity index (χ1v) is 45.6. The van der Waals surface area contributed by atoms with Crippen LogP contribution in [0.3, 0.4) is 0 Å². The molecule has 0 spiro atoms. The summed E-state index contributed by atoms with van der Waals surface area (Å²) in [4.78, 5) is 122. The van der Waals surface area contributed by atoms with Crippen LogP contribution in [-0.4, -0.2) is 228 Å². The van der Waals surface area contributed by atoms with Crippen LogP contribution in [-0.2, 0) is 62.0 Å². The zero-order valence-electron chi connectivity index (χ0n) is 74.9. The number of aromatic hydroxyl groups is 3. The topological polar surface area (TPSA) is 547 Å². The fraction of sp³-hybridized carbons (Fsp3) is 0.591. The minimum atomic E-state index is -2.34. The zero-order valence-corrected chi connectivity index (χ0v) is 75.7. The Balaban J connectivity index is 1.12. The number of aliphatic carboxylic acids is 1. The second-order valence-corrected chi connectivity index (χ2v) is 36.2. The maximum absolute atomic E-state index is 16.7. The lowest BCUT2D eigenvalue weighted by molar-refractivity contribution is -0.334. The van der Waals surface area contributed by atoms with Crippen molar-refractivity contribution in [2.24, 2.45) is 11.7 Å². The van der Waals surface area contributed by atoms with E-state index in [1.54, 1.807) is 27.7 Å². The van der Waals surface area contributed by atoms with E-state index < -0.39 is 250 Å². The summed E-state index contributed by atoms with van der Waals surface area (Å²) in [5.41, 5.74) is 1.26. The van der Waals surface area contributed by atoms with E-state index in [4.69, 9.17) is 55.2 Å². The summed E-state index contributed by atoms with van der Waals surface area (Å²) >= 11 is 7.27. The number of carboxylic acids is 1. The number of halogens is 1. The lowest BCUT2D eigenvalue weighted by Gasteiger charge is -2.48. The Labute approximate surface area is 760 Å². The molecule has 5 aromatic carbocycles. The lowest BCUT2D eigenvalue weighted by atomic mass is 9.84. The molecule has 3 fully saturated rings. The van der Waals surface area contributed by atoms with Crippen LogP contribution in [0.25, 0.3) is 11.1 Å². The van der Waals surface area contributed by atoms with E-state index in [2.05, 4.69) is 61.7 Å². The molecular weight excluding hydrogens is 1710 g/mol. The molecule has 8 aliphatic rings. The summed E-state index contributed by atoms with van der Waals surface area (Å²) in [5.74, 6) is -15.1. The van der Waals surface area contributed by atoms with E-state index in [0.717, 1.165) is 145 Å². The number of nitrogens with two attached hydrogens (primary N) is 1. The molecule has 0 unspecified atom stereocenters. The normalized spacial score (nSPS) is 29.1. The predicted molar refractivity (Wildman–Crippen MR) is 474 cm³/mol. The van der Waals surface area contributed by atoms with Crippen molar-refractivity contribution in [3.63, 3.8) is 0 Å². The summed E-state index contributed by atoms with van der Waals surface area (Å²) in [7, 11) is 1.49. The molecule has 130 heavy (non-hydrogen) atoms. The molecule has 8 aliphatic heterocycles. The average Bonchev–Trinajstić information content (AvgIpc) is 0.765. The number of unbranched alkanes of at least 4 members (excludes halogenated alkanes) is 14. The molecule has 3 saturated heterocycles. The monoisotopic (exact) mass is 1840 g/mol. The van der Waals surface area contributed by atoms with Crippen LogP contribution in [0, 0.1) is 5.92 Å². The summed E-state index contributed by atoms with van der Waals surface area (Å²) < 4.78 is 53.8. The first-order chi connectivity index (χ1) is 62.0. The number of primary amides is 1. The number of ether oxygens (including phenoxy) is 8. The van der Waals surface area contributed by atoms with Gasteiger partial charge in [-0.25, -0.2) is 4.79 Å². The number of fused-ring (bicyclic) bond motifs is 15. The van der Waals surface area contributed by atoms with Gasteiger partial charge in [-0.2, -0.15) is 0 Å². The number of aliphatic hydroxyl groups excluding tert-OH is 6. The number of carbonyl (C=O) groups excluding carboxylic acids is 7. The maximum Gasteiger partial charge on any atom is 0.330 e. The lowest BCUT2D eigenvalue weighted by Crippen LogP contribution is -2.65. The molecule has 0 aromatic heterocycles. The molecule has 714 valence electrons. The first kappa shape index (κ1) is 101. The van der Waals surface area contributed by atoms with Crippen molar-refractivity contribution >= 4 is 58.9 Å². The van der Waals surface area contributed by atoms with Gasteiger partial charge in [0.2, 0.25) is 53.4 Å². The van der Waals surface area contributed by atoms with E-state index in [9.17, 15) is 65.4 Å². The zero-order chi connectivity index (χ0) is 94.2. The Kier molecular flexibility index (Phi) is 35.5. The van der Waals surface area contributed by atoms with E-state index in [0.29, 0.717) is 13.1 Å². The van der Waals surface area contributed by atoms with Crippen LogP contribution in [0.4, 0.5) is 0 Å². The number of phenols is 3. The van der Waals surface area contributed by atoms with Gasteiger partial charge in [-0.15, -0.1) is 0 Å². The molecule has 0 radical (unpaired) electrons. The van der Waals surface area contributed by atoms with Crippen LogP contribution < -0.4 is 67.8 Å². The number of likely N-dealkylation sites (N-methyl/N-ethyl adjacent to an activating group) is 1. The van der Waals surface area contributed by atoms with E-state index in [-0.39, 0.29) is 58.4 Å². The van der Waals surface area contributed by atoms with Gasteiger partial charge >= 0.3 is 5.97 Å². The van der Waals surface area contributed by atoms with Crippen LogP contribution in [0.15, 0.2) is 84.9 Å². The molecule has 5 aromatic rings. The number of benzene rings is 5. The van der Waals surface area contributed by atoms with Gasteiger partial charge in [0.15, 0.2) is 36.2 Å². The summed E-state index contributed by atoms with van der Waals surface area (Å²) in [6.07, 6.45) is -4.92. The Morgan fingerprint density at radius 2 is 1.15 bits per heavy atom. The van der Waals surface area contributed by atoms with Crippen LogP contribution in [0.5, 0.6) is 46.0 Å². The summed E-state index contributed by atoms with van der Waals surface area (Å²) in [6.45, 7) is 14.8. The highest BCUT2D eigenvalue weighted by atomic mass is 35.5. The molecule has 0 aliphatic carbocycles. The van der Waals surface area contributed by atoms with E-state index in [1.165, 1.54) is 49.5 Å². The van der Waals surface area contributed by atoms with Gasteiger partial charge in [0.25, 0.3) is 0 Å². The van der Waals surface area contributed by atoms with Crippen LogP contribution >= 0.6 is 11.6 Å². The number of hydrogen-bond acceptors (Lipinski definition) is 28. The molecule has 22 atom stereocenters. The van der Waals surface area contributed by atoms with Gasteiger partial charge in [0.05, 0.1) is 48.5 Å². The molecule has 7 amide bonds. The molecule has 21 N–H and O–H groups in total. The van der Waals surface area contributed by atoms with Gasteiger partial charge < -0.3 is 143 Å². The number of rotatable bonds is 35. The highest BCUT2D eigenvalue weighted by Crippen LogP contribution is 2.50. The molecule has 36 nitrogen and oxygen atoms in total. The second kappa shape index (κ2) is 45.7. The maximum atomic E-state index is 16.7. The van der Waals surface area contributed by atoms with Crippen LogP contribution in [0.1, 0.15) is 242 Å². The minimum absolute atomic E-state index is 0.00966. The number of carbonyl (C=O) groups is 8. The summed E-state index contributed by atoms with van der Waals surface area (Å²) in [6, 6.07) is 2.24. The Hall–Kier alpha value is -9.61. The fourth-order valence-electron chi connectivity index (χ4n) is 17.8. The third-order valence-electron chi connectivity index (χ3n) is 25.1. The molecular formula is C93H129ClN10O26. The smallest absolute Gasteiger partial charge is 0.330 e. The van der Waals surface area contributed by atoms with Gasteiger partial charge in [0, 0.05) is 46.7 Å². The van der Waals surface area contributed by atoms with Crippen LogP contribution in [0.2, 0.25) is 5.02 Å². The second-order valence-electron chi connectivity index (χ2n) is 35.8. The average molecular weight is 1840 g/mol. The van der Waals surface area contributed by atoms with Crippen molar-refractivity contribution in [1.29, 1.82) is 0 Å². The van der Waals surface area contributed by atoms with Crippen molar-refractivity contribution in [3.05, 3.63) is 118 Å². The third kappa shape index (κ3) is 24.8. The van der Waals surface area contributed by atoms with Gasteiger partial charge in [-0.1, -0.05) is 153 Å². The molecule has 0 saturated carbocycles. The quantitative estimate of drug-likeness (QED) is 0.0178. The van der Waals surface area contributed by atoms with Gasteiger partial charge in [0.1, 0.15) is 89.5 Å². The number of aliphatic hydroxyl groups is 6. The van der Waals surface area contributed by atoms with Crippen molar-refractivity contribution in [2.45, 2.75) is 317 Å². The van der Waals surface area contributed by atoms with E-state index in [1.807, 2.05) is 13.8 Å². The Bertz CT molecular complexity index is 4750. The van der Waals surface area contributed by atoms with Crippen molar-refractivity contribution < 1.29 is 127 Å². The van der Waals surface area contributed by atoms with Gasteiger partial charge in [-0.3, -0.25) is 33.6 Å². The number of amides is 7. The first-order valence-electron chi connectivity index (χ1n) is 45.3. The van der Waals surface area contributed by atoms with Crippen molar-refractivity contribution in [2.75, 3.05) is 26.7 Å². The molecule has 13 rings (SSSR count). The highest BCUT2D eigenvalue weighted by Gasteiger charge is 2.53. The SMILES string of the molecule is CCCCCCCCCCN[C@@]1(C)C[C@H](O[C@H]2[C@H](Oc3c4cc5cc3Oc3ccc(cc3Cl)[C@@H](O)[C@@H](NC(=O)[C@@H](CC(C)C)NC)C(=O)N[C@@H](CC(N)=O)C(=O)N[C@H]5C(=O)N[C@H]3C(=O)N[C@H](C(=O)N[C@H](C(=O)O)c5cc(O)cc(O)c5-c5cc3ccc5O)[C@H](O[C@H]3C[C@](C)(NCCCCCCCCCC)[C@@H](O)[C@H](C)O3)c3ccc(cc3)O4)O[C@H](CO)[C@@H](O)[C@@H]2O)O[C@@H](C)[C@@H]1O.